The molecule has 1 amide bonds. The SMILES string of the molecule is O=C(c1csc(I)c1)N1CCc2c(ncn2C2CC2)C1. The van der Waals surface area contributed by atoms with E-state index in [0.717, 1.165) is 27.1 Å². The maximum Gasteiger partial charge on any atom is 0.255 e. The summed E-state index contributed by atoms with van der Waals surface area (Å²) in [6, 6.07) is 2.64. The summed E-state index contributed by atoms with van der Waals surface area (Å²) < 4.78 is 3.48. The van der Waals surface area contributed by atoms with Gasteiger partial charge in [0, 0.05) is 30.1 Å². The molecule has 2 aromatic heterocycles. The number of rotatable bonds is 2. The van der Waals surface area contributed by atoms with Crippen molar-refractivity contribution in [1.82, 2.24) is 14.5 Å². The summed E-state index contributed by atoms with van der Waals surface area (Å²) >= 11 is 3.87. The molecule has 1 aliphatic heterocycles. The van der Waals surface area contributed by atoms with Crippen molar-refractivity contribution in [3.05, 3.63) is 37.6 Å². The first-order valence-corrected chi connectivity index (χ1v) is 8.76. The Kier molecular flexibility index (Phi) is 3.10. The van der Waals surface area contributed by atoms with Crippen LogP contribution in [0, 0.1) is 2.88 Å². The van der Waals surface area contributed by atoms with Gasteiger partial charge in [-0.05, 0) is 41.5 Å². The molecule has 0 saturated heterocycles. The fourth-order valence-electron chi connectivity index (χ4n) is 2.78. The summed E-state index contributed by atoms with van der Waals surface area (Å²) in [5, 5.41) is 1.95. The van der Waals surface area contributed by atoms with Gasteiger partial charge < -0.3 is 9.47 Å². The summed E-state index contributed by atoms with van der Waals surface area (Å²) in [6.07, 6.45) is 5.44. The number of hydrogen-bond acceptors (Lipinski definition) is 3. The van der Waals surface area contributed by atoms with Crippen LogP contribution in [0.15, 0.2) is 17.8 Å². The van der Waals surface area contributed by atoms with Crippen LogP contribution in [0.1, 0.15) is 40.6 Å². The molecule has 0 N–H and O–H groups in total. The minimum atomic E-state index is 0.135. The molecule has 4 nitrogen and oxygen atoms in total. The van der Waals surface area contributed by atoms with Crippen molar-refractivity contribution >= 4 is 39.8 Å². The van der Waals surface area contributed by atoms with Crippen molar-refractivity contribution in [1.29, 1.82) is 0 Å². The van der Waals surface area contributed by atoms with Gasteiger partial charge in [0.15, 0.2) is 0 Å². The first-order valence-electron chi connectivity index (χ1n) is 6.80. The van der Waals surface area contributed by atoms with Gasteiger partial charge in [-0.15, -0.1) is 11.3 Å². The quantitative estimate of drug-likeness (QED) is 0.729. The number of amides is 1. The minimum Gasteiger partial charge on any atom is -0.332 e. The van der Waals surface area contributed by atoms with E-state index in [4.69, 9.17) is 0 Å². The molecule has 6 heteroatoms. The highest BCUT2D eigenvalue weighted by Crippen LogP contribution is 2.37. The van der Waals surface area contributed by atoms with E-state index in [-0.39, 0.29) is 5.91 Å². The third-order valence-corrected chi connectivity index (χ3v) is 5.77. The molecule has 0 spiro atoms. The zero-order chi connectivity index (χ0) is 13.7. The van der Waals surface area contributed by atoms with Crippen molar-refractivity contribution < 1.29 is 4.79 Å². The molecule has 0 bridgehead atoms. The van der Waals surface area contributed by atoms with Crippen LogP contribution in [-0.2, 0) is 13.0 Å². The molecule has 2 aliphatic rings. The fraction of sp³-hybridized carbons (Fsp3) is 0.429. The lowest BCUT2D eigenvalue weighted by molar-refractivity contribution is 0.0731. The third-order valence-electron chi connectivity index (χ3n) is 3.98. The molecular formula is C14H14IN3OS. The Hall–Kier alpha value is -0.890. The number of thiophene rings is 1. The molecule has 4 rings (SSSR count). The summed E-state index contributed by atoms with van der Waals surface area (Å²) in [4.78, 5) is 18.9. The van der Waals surface area contributed by atoms with Crippen LogP contribution in [0.25, 0.3) is 0 Å². The molecule has 0 atom stereocenters. The van der Waals surface area contributed by atoms with Gasteiger partial charge in [0.2, 0.25) is 0 Å². The largest absolute Gasteiger partial charge is 0.332 e. The summed E-state index contributed by atoms with van der Waals surface area (Å²) in [6.45, 7) is 1.46. The van der Waals surface area contributed by atoms with Gasteiger partial charge in [-0.3, -0.25) is 4.79 Å². The highest BCUT2D eigenvalue weighted by Gasteiger charge is 2.31. The van der Waals surface area contributed by atoms with E-state index in [1.54, 1.807) is 11.3 Å². The smallest absolute Gasteiger partial charge is 0.255 e. The van der Waals surface area contributed by atoms with Crippen LogP contribution in [0.4, 0.5) is 0 Å². The number of carbonyl (C=O) groups excluding carboxylic acids is 1. The second kappa shape index (κ2) is 4.84. The molecule has 1 saturated carbocycles. The molecule has 1 aliphatic carbocycles. The van der Waals surface area contributed by atoms with Gasteiger partial charge in [-0.1, -0.05) is 0 Å². The van der Waals surface area contributed by atoms with Crippen LogP contribution in [0.2, 0.25) is 0 Å². The normalized spacial score (nSPS) is 18.1. The van der Waals surface area contributed by atoms with E-state index in [1.807, 2.05) is 22.7 Å². The lowest BCUT2D eigenvalue weighted by Gasteiger charge is -2.27. The van der Waals surface area contributed by atoms with Gasteiger partial charge in [-0.2, -0.15) is 0 Å². The number of carbonyl (C=O) groups is 1. The van der Waals surface area contributed by atoms with Crippen LogP contribution in [0.5, 0.6) is 0 Å². The molecule has 20 heavy (non-hydrogen) atoms. The Balaban J connectivity index is 1.56. The van der Waals surface area contributed by atoms with Crippen molar-refractivity contribution in [3.63, 3.8) is 0 Å². The van der Waals surface area contributed by atoms with Crippen LogP contribution >= 0.6 is 33.9 Å². The van der Waals surface area contributed by atoms with E-state index >= 15 is 0 Å². The molecule has 104 valence electrons. The van der Waals surface area contributed by atoms with Gasteiger partial charge in [0.1, 0.15) is 0 Å². The van der Waals surface area contributed by atoms with Crippen LogP contribution < -0.4 is 0 Å². The highest BCUT2D eigenvalue weighted by atomic mass is 127. The standard InChI is InChI=1S/C14H14IN3OS/c15-13-5-9(7-20-13)14(19)17-4-3-12-11(6-17)16-8-18(12)10-1-2-10/h5,7-8,10H,1-4,6H2. The van der Waals surface area contributed by atoms with E-state index in [1.165, 1.54) is 18.5 Å². The third kappa shape index (κ3) is 2.18. The van der Waals surface area contributed by atoms with Crippen molar-refractivity contribution in [3.8, 4) is 0 Å². The Morgan fingerprint density at radius 2 is 2.30 bits per heavy atom. The Morgan fingerprint density at radius 1 is 1.45 bits per heavy atom. The first-order chi connectivity index (χ1) is 9.72. The van der Waals surface area contributed by atoms with Gasteiger partial charge >= 0.3 is 0 Å². The molecular weight excluding hydrogens is 385 g/mol. The topological polar surface area (TPSA) is 38.1 Å². The van der Waals surface area contributed by atoms with Crippen molar-refractivity contribution in [2.45, 2.75) is 31.8 Å². The Bertz CT molecular complexity index is 674. The molecule has 2 aromatic rings. The summed E-state index contributed by atoms with van der Waals surface area (Å²) in [5.41, 5.74) is 3.24. The zero-order valence-corrected chi connectivity index (χ0v) is 13.9. The predicted octanol–water partition coefficient (Wildman–Crippen LogP) is 3.08. The number of hydrogen-bond donors (Lipinski definition) is 0. The zero-order valence-electron chi connectivity index (χ0n) is 10.9. The molecule has 0 radical (unpaired) electrons. The highest BCUT2D eigenvalue weighted by molar-refractivity contribution is 14.1. The fourth-order valence-corrected chi connectivity index (χ4v) is 4.10. The monoisotopic (exact) mass is 399 g/mol. The average molecular weight is 399 g/mol. The second-order valence-corrected chi connectivity index (χ2v) is 8.20. The average Bonchev–Trinajstić information content (AvgIpc) is 3.07. The van der Waals surface area contributed by atoms with Gasteiger partial charge in [0.05, 0.1) is 27.0 Å². The lowest BCUT2D eigenvalue weighted by Crippen LogP contribution is -2.36. The second-order valence-electron chi connectivity index (χ2n) is 5.39. The predicted molar refractivity (Wildman–Crippen MR) is 86.0 cm³/mol. The number of halogens is 1. The van der Waals surface area contributed by atoms with E-state index < -0.39 is 0 Å². The number of nitrogens with zero attached hydrogens (tertiary/aromatic N) is 3. The van der Waals surface area contributed by atoms with Crippen molar-refractivity contribution in [2.24, 2.45) is 0 Å². The van der Waals surface area contributed by atoms with Gasteiger partial charge in [0.25, 0.3) is 5.91 Å². The summed E-state index contributed by atoms with van der Waals surface area (Å²) in [5.74, 6) is 0.135. The van der Waals surface area contributed by atoms with Crippen LogP contribution in [0.3, 0.4) is 0 Å². The van der Waals surface area contributed by atoms with E-state index in [0.29, 0.717) is 12.6 Å². The molecule has 1 fully saturated rings. The van der Waals surface area contributed by atoms with Crippen molar-refractivity contribution in [2.75, 3.05) is 6.54 Å². The van der Waals surface area contributed by atoms with E-state index in [2.05, 4.69) is 32.1 Å². The molecule has 0 unspecified atom stereocenters. The Morgan fingerprint density at radius 3 is 3.00 bits per heavy atom. The maximum absolute atomic E-state index is 12.5. The molecule has 3 heterocycles. The van der Waals surface area contributed by atoms with Crippen LogP contribution in [-0.4, -0.2) is 26.9 Å². The number of aromatic nitrogens is 2. The number of imidazole rings is 1. The maximum atomic E-state index is 12.5. The number of fused-ring (bicyclic) bond motifs is 1. The molecule has 0 aromatic carbocycles. The summed E-state index contributed by atoms with van der Waals surface area (Å²) in [7, 11) is 0. The first kappa shape index (κ1) is 12.8. The minimum absolute atomic E-state index is 0.135. The Labute approximate surface area is 134 Å². The van der Waals surface area contributed by atoms with Gasteiger partial charge in [-0.25, -0.2) is 4.98 Å². The lowest BCUT2D eigenvalue weighted by atomic mass is 10.1. The van der Waals surface area contributed by atoms with E-state index in [9.17, 15) is 4.79 Å².